The molecule has 1 N–H and O–H groups in total. The van der Waals surface area contributed by atoms with Crippen LogP contribution in [-0.2, 0) is 16.1 Å². The molecule has 5 nitrogen and oxygen atoms in total. The first-order valence-corrected chi connectivity index (χ1v) is 9.65. The van der Waals surface area contributed by atoms with E-state index in [1.165, 1.54) is 5.39 Å². The van der Waals surface area contributed by atoms with E-state index in [2.05, 4.69) is 34.5 Å². The zero-order chi connectivity index (χ0) is 18.1. The number of amides is 1. The van der Waals surface area contributed by atoms with Gasteiger partial charge in [-0.3, -0.25) is 14.7 Å². The molecule has 2 aliphatic heterocycles. The lowest BCUT2D eigenvalue weighted by atomic mass is 9.98. The number of pyridine rings is 1. The van der Waals surface area contributed by atoms with Crippen LogP contribution in [0.15, 0.2) is 36.4 Å². The predicted molar refractivity (Wildman–Crippen MR) is 102 cm³/mol. The summed E-state index contributed by atoms with van der Waals surface area (Å²) in [6.45, 7) is 5.81. The summed E-state index contributed by atoms with van der Waals surface area (Å²) < 4.78 is 6.14. The van der Waals surface area contributed by atoms with Crippen molar-refractivity contribution in [1.82, 2.24) is 15.2 Å². The van der Waals surface area contributed by atoms with Gasteiger partial charge in [0, 0.05) is 30.6 Å². The second kappa shape index (κ2) is 7.33. The highest BCUT2D eigenvalue weighted by atomic mass is 16.5. The van der Waals surface area contributed by atoms with E-state index in [0.717, 1.165) is 43.6 Å². The van der Waals surface area contributed by atoms with Crippen LogP contribution in [0.3, 0.4) is 0 Å². The number of rotatable bonds is 4. The summed E-state index contributed by atoms with van der Waals surface area (Å²) in [5, 5.41) is 4.15. The molecule has 26 heavy (non-hydrogen) atoms. The largest absolute Gasteiger partial charge is 0.363 e. The van der Waals surface area contributed by atoms with Gasteiger partial charge in [-0.05, 0) is 45.2 Å². The van der Waals surface area contributed by atoms with Gasteiger partial charge in [-0.2, -0.15) is 0 Å². The number of nitrogens with zero attached hydrogens (tertiary/aromatic N) is 2. The summed E-state index contributed by atoms with van der Waals surface area (Å²) >= 11 is 0. The summed E-state index contributed by atoms with van der Waals surface area (Å²) in [6.07, 6.45) is 2.66. The highest BCUT2D eigenvalue weighted by Gasteiger charge is 2.41. The number of nitrogens with one attached hydrogen (secondary N) is 1. The van der Waals surface area contributed by atoms with Gasteiger partial charge in [-0.1, -0.05) is 24.3 Å². The second-order valence-electron chi connectivity index (χ2n) is 7.73. The fourth-order valence-electron chi connectivity index (χ4n) is 4.19. The van der Waals surface area contributed by atoms with Gasteiger partial charge in [0.15, 0.2) is 0 Å². The molecule has 5 heteroatoms. The molecule has 2 saturated heterocycles. The third-order valence-electron chi connectivity index (χ3n) is 5.41. The molecule has 3 heterocycles. The van der Waals surface area contributed by atoms with Gasteiger partial charge in [-0.15, -0.1) is 0 Å². The number of para-hydroxylation sites is 1. The van der Waals surface area contributed by atoms with Crippen molar-refractivity contribution in [1.29, 1.82) is 0 Å². The summed E-state index contributed by atoms with van der Waals surface area (Å²) in [5.74, 6) is 0.0353. The minimum atomic E-state index is -0.294. The van der Waals surface area contributed by atoms with Crippen molar-refractivity contribution in [3.05, 3.63) is 42.1 Å². The molecule has 0 aliphatic carbocycles. The second-order valence-corrected chi connectivity index (χ2v) is 7.73. The maximum absolute atomic E-state index is 12.2. The monoisotopic (exact) mass is 353 g/mol. The van der Waals surface area contributed by atoms with E-state index in [4.69, 9.17) is 9.72 Å². The Hall–Kier alpha value is -1.98. The molecule has 0 bridgehead atoms. The van der Waals surface area contributed by atoms with Crippen molar-refractivity contribution in [2.24, 2.45) is 0 Å². The molecule has 138 valence electrons. The standard InChI is InChI=1S/C21H27N3O2/c1-14(2)22-21(25)20-10-9-18-19(26-20)11-12-24(18)13-16-8-7-15-5-3-4-6-17(15)23-16/h3-8,14,18-20H,9-13H2,1-2H3,(H,22,25)/t18-,19-,20+/m1/s1. The Balaban J connectivity index is 1.40. The molecule has 2 aromatic rings. The quantitative estimate of drug-likeness (QED) is 0.918. The van der Waals surface area contributed by atoms with Gasteiger partial charge in [0.2, 0.25) is 5.91 Å². The van der Waals surface area contributed by atoms with E-state index in [1.807, 2.05) is 26.0 Å². The van der Waals surface area contributed by atoms with Crippen LogP contribution in [0.4, 0.5) is 0 Å². The summed E-state index contributed by atoms with van der Waals surface area (Å²) in [5.41, 5.74) is 2.15. The van der Waals surface area contributed by atoms with E-state index in [9.17, 15) is 4.79 Å². The lowest BCUT2D eigenvalue weighted by Gasteiger charge is -2.35. The zero-order valence-corrected chi connectivity index (χ0v) is 15.5. The maximum Gasteiger partial charge on any atom is 0.249 e. The van der Waals surface area contributed by atoms with E-state index in [1.54, 1.807) is 0 Å². The lowest BCUT2D eigenvalue weighted by molar-refractivity contribution is -0.144. The third-order valence-corrected chi connectivity index (χ3v) is 5.41. The first-order valence-electron chi connectivity index (χ1n) is 9.65. The molecule has 1 amide bonds. The van der Waals surface area contributed by atoms with Gasteiger partial charge < -0.3 is 10.1 Å². The zero-order valence-electron chi connectivity index (χ0n) is 15.5. The van der Waals surface area contributed by atoms with Crippen molar-refractivity contribution < 1.29 is 9.53 Å². The Morgan fingerprint density at radius 3 is 2.92 bits per heavy atom. The lowest BCUT2D eigenvalue weighted by Crippen LogP contribution is -2.48. The van der Waals surface area contributed by atoms with Crippen molar-refractivity contribution >= 4 is 16.8 Å². The van der Waals surface area contributed by atoms with Crippen molar-refractivity contribution in [2.45, 2.75) is 63.9 Å². The number of likely N-dealkylation sites (tertiary alicyclic amines) is 1. The molecule has 0 radical (unpaired) electrons. The maximum atomic E-state index is 12.2. The number of carbonyl (C=O) groups excluding carboxylic acids is 1. The average Bonchev–Trinajstić information content (AvgIpc) is 3.03. The van der Waals surface area contributed by atoms with Gasteiger partial charge in [0.1, 0.15) is 6.10 Å². The van der Waals surface area contributed by atoms with Crippen LogP contribution in [0.5, 0.6) is 0 Å². The first-order chi connectivity index (χ1) is 12.6. The van der Waals surface area contributed by atoms with Crippen LogP contribution < -0.4 is 5.32 Å². The molecule has 0 saturated carbocycles. The van der Waals surface area contributed by atoms with Crippen LogP contribution in [0.25, 0.3) is 10.9 Å². The number of hydrogen-bond acceptors (Lipinski definition) is 4. The van der Waals surface area contributed by atoms with Gasteiger partial charge >= 0.3 is 0 Å². The number of carbonyl (C=O) groups is 1. The molecule has 0 unspecified atom stereocenters. The van der Waals surface area contributed by atoms with E-state index in [-0.39, 0.29) is 24.2 Å². The SMILES string of the molecule is CC(C)NC(=O)[C@@H]1CC[C@@H]2[C@@H](CCN2Cc2ccc3ccccc3n2)O1. The van der Waals surface area contributed by atoms with Gasteiger partial charge in [0.25, 0.3) is 0 Å². The molecular formula is C21H27N3O2. The predicted octanol–water partition coefficient (Wildman–Crippen LogP) is 2.88. The smallest absolute Gasteiger partial charge is 0.249 e. The molecule has 1 aromatic carbocycles. The highest BCUT2D eigenvalue weighted by Crippen LogP contribution is 2.32. The molecule has 0 spiro atoms. The van der Waals surface area contributed by atoms with E-state index < -0.39 is 0 Å². The summed E-state index contributed by atoms with van der Waals surface area (Å²) in [6, 6.07) is 13.0. The number of hydrogen-bond donors (Lipinski definition) is 1. The van der Waals surface area contributed by atoms with Crippen LogP contribution in [0.1, 0.15) is 38.8 Å². The number of ether oxygens (including phenoxy) is 1. The number of aromatic nitrogens is 1. The number of benzene rings is 1. The Morgan fingerprint density at radius 2 is 2.08 bits per heavy atom. The fraction of sp³-hybridized carbons (Fsp3) is 0.524. The Morgan fingerprint density at radius 1 is 1.23 bits per heavy atom. The van der Waals surface area contributed by atoms with E-state index in [0.29, 0.717) is 6.04 Å². The molecule has 1 aromatic heterocycles. The molecule has 2 fully saturated rings. The van der Waals surface area contributed by atoms with Crippen molar-refractivity contribution in [3.8, 4) is 0 Å². The molecule has 2 aliphatic rings. The minimum absolute atomic E-state index is 0.0353. The average molecular weight is 353 g/mol. The van der Waals surface area contributed by atoms with Crippen LogP contribution >= 0.6 is 0 Å². The summed E-state index contributed by atoms with van der Waals surface area (Å²) in [7, 11) is 0. The topological polar surface area (TPSA) is 54.5 Å². The van der Waals surface area contributed by atoms with Crippen LogP contribution in [0.2, 0.25) is 0 Å². The van der Waals surface area contributed by atoms with Gasteiger partial charge in [-0.25, -0.2) is 0 Å². The van der Waals surface area contributed by atoms with Crippen LogP contribution in [-0.4, -0.2) is 46.6 Å². The number of fused-ring (bicyclic) bond motifs is 2. The van der Waals surface area contributed by atoms with Gasteiger partial charge in [0.05, 0.1) is 17.3 Å². The molecule has 3 atom stereocenters. The van der Waals surface area contributed by atoms with Crippen molar-refractivity contribution in [2.75, 3.05) is 6.54 Å². The molecular weight excluding hydrogens is 326 g/mol. The fourth-order valence-corrected chi connectivity index (χ4v) is 4.19. The normalized spacial score (nSPS) is 26.2. The Labute approximate surface area is 154 Å². The van der Waals surface area contributed by atoms with Crippen molar-refractivity contribution in [3.63, 3.8) is 0 Å². The Kier molecular flexibility index (Phi) is 4.92. The minimum Gasteiger partial charge on any atom is -0.363 e. The summed E-state index contributed by atoms with van der Waals surface area (Å²) in [4.78, 5) is 19.5. The Bertz CT molecular complexity index is 792. The molecule has 4 rings (SSSR count). The highest BCUT2D eigenvalue weighted by molar-refractivity contribution is 5.81. The first kappa shape index (κ1) is 17.4. The third kappa shape index (κ3) is 3.60. The van der Waals surface area contributed by atoms with E-state index >= 15 is 0 Å². The van der Waals surface area contributed by atoms with Crippen LogP contribution in [0, 0.1) is 0 Å².